The van der Waals surface area contributed by atoms with E-state index >= 15 is 0 Å². The zero-order valence-electron chi connectivity index (χ0n) is 14.7. The molecule has 0 fully saturated rings. The maximum atomic E-state index is 13.0. The minimum absolute atomic E-state index is 0.0850. The Hall–Kier alpha value is -1.70. The number of rotatable bonds is 8. The first kappa shape index (κ1) is 19.6. The number of hydrogen-bond acceptors (Lipinski definition) is 4. The van der Waals surface area contributed by atoms with Gasteiger partial charge in [0.1, 0.15) is 4.21 Å². The maximum Gasteiger partial charge on any atom is 0.253 e. The third kappa shape index (κ3) is 5.39. The van der Waals surface area contributed by atoms with Gasteiger partial charge in [-0.15, -0.1) is 11.3 Å². The maximum absolute atomic E-state index is 13.0. The fraction of sp³-hybridized carbons (Fsp3) is 0.389. The van der Waals surface area contributed by atoms with Crippen molar-refractivity contribution in [3.05, 3.63) is 52.9 Å². The molecule has 25 heavy (non-hydrogen) atoms. The van der Waals surface area contributed by atoms with Gasteiger partial charge in [-0.1, -0.05) is 30.3 Å². The van der Waals surface area contributed by atoms with E-state index in [1.165, 1.54) is 22.6 Å². The Morgan fingerprint density at radius 1 is 1.16 bits per heavy atom. The normalized spacial score (nSPS) is 11.9. The van der Waals surface area contributed by atoms with Crippen LogP contribution in [0, 0.1) is 0 Å². The molecular formula is C18H24N2O3S2. The van der Waals surface area contributed by atoms with Crippen molar-refractivity contribution in [1.29, 1.82) is 0 Å². The predicted octanol–water partition coefficient (Wildman–Crippen LogP) is 3.03. The summed E-state index contributed by atoms with van der Waals surface area (Å²) < 4.78 is 27.9. The third-order valence-corrected chi connectivity index (χ3v) is 7.34. The molecule has 1 amide bonds. The van der Waals surface area contributed by atoms with Crippen LogP contribution in [0.15, 0.2) is 46.7 Å². The van der Waals surface area contributed by atoms with Gasteiger partial charge in [-0.3, -0.25) is 4.79 Å². The molecule has 5 nitrogen and oxygen atoms in total. The summed E-state index contributed by atoms with van der Waals surface area (Å²) in [6, 6.07) is 12.9. The number of thiophene rings is 1. The molecule has 2 rings (SSSR count). The smallest absolute Gasteiger partial charge is 0.253 e. The predicted molar refractivity (Wildman–Crippen MR) is 101 cm³/mol. The van der Waals surface area contributed by atoms with E-state index in [4.69, 9.17) is 0 Å². The quantitative estimate of drug-likeness (QED) is 0.765. The van der Waals surface area contributed by atoms with Crippen LogP contribution in [0.3, 0.4) is 0 Å². The van der Waals surface area contributed by atoms with E-state index in [2.05, 4.69) is 5.32 Å². The molecule has 0 aliphatic rings. The molecule has 2 aromatic rings. The van der Waals surface area contributed by atoms with Crippen molar-refractivity contribution in [1.82, 2.24) is 9.62 Å². The molecule has 1 heterocycles. The molecule has 0 aliphatic heterocycles. The number of hydrogen-bond donors (Lipinski definition) is 1. The Morgan fingerprint density at radius 2 is 1.84 bits per heavy atom. The number of carbonyl (C=O) groups is 1. The SMILES string of the molecule is CC(=O)NCCc1ccc(S(=O)(=O)N(Cc2ccccc2)C(C)C)s1. The summed E-state index contributed by atoms with van der Waals surface area (Å²) in [5.41, 5.74) is 0.960. The lowest BCUT2D eigenvalue weighted by molar-refractivity contribution is -0.118. The second-order valence-electron chi connectivity index (χ2n) is 6.08. The van der Waals surface area contributed by atoms with Crippen molar-refractivity contribution in [2.24, 2.45) is 0 Å². The van der Waals surface area contributed by atoms with Crippen LogP contribution < -0.4 is 5.32 Å². The van der Waals surface area contributed by atoms with E-state index in [0.29, 0.717) is 23.7 Å². The van der Waals surface area contributed by atoms with Crippen molar-refractivity contribution in [3.8, 4) is 0 Å². The van der Waals surface area contributed by atoms with E-state index in [0.717, 1.165) is 10.4 Å². The van der Waals surface area contributed by atoms with Gasteiger partial charge in [0, 0.05) is 30.9 Å². The van der Waals surface area contributed by atoms with E-state index in [1.54, 1.807) is 6.07 Å². The molecule has 7 heteroatoms. The number of nitrogens with zero attached hydrogens (tertiary/aromatic N) is 1. The zero-order chi connectivity index (χ0) is 18.4. The Bertz CT molecular complexity index is 799. The van der Waals surface area contributed by atoms with Gasteiger partial charge >= 0.3 is 0 Å². The van der Waals surface area contributed by atoms with Gasteiger partial charge in [-0.05, 0) is 38.0 Å². The van der Waals surface area contributed by atoms with E-state index in [1.807, 2.05) is 50.2 Å². The summed E-state index contributed by atoms with van der Waals surface area (Å²) in [7, 11) is -3.55. The van der Waals surface area contributed by atoms with Crippen LogP contribution in [0.25, 0.3) is 0 Å². The number of nitrogens with one attached hydrogen (secondary N) is 1. The highest BCUT2D eigenvalue weighted by Crippen LogP contribution is 2.27. The van der Waals surface area contributed by atoms with Crippen LogP contribution in [-0.2, 0) is 27.8 Å². The monoisotopic (exact) mass is 380 g/mol. The van der Waals surface area contributed by atoms with Crippen LogP contribution in [0.2, 0.25) is 0 Å². The van der Waals surface area contributed by atoms with Crippen LogP contribution in [0.5, 0.6) is 0 Å². The minimum atomic E-state index is -3.55. The molecule has 0 unspecified atom stereocenters. The number of sulfonamides is 1. The lowest BCUT2D eigenvalue weighted by Crippen LogP contribution is -2.36. The molecule has 1 aromatic carbocycles. The van der Waals surface area contributed by atoms with Crippen molar-refractivity contribution in [2.45, 2.75) is 44.0 Å². The molecule has 0 radical (unpaired) electrons. The van der Waals surface area contributed by atoms with Gasteiger partial charge < -0.3 is 5.32 Å². The highest BCUT2D eigenvalue weighted by Gasteiger charge is 2.28. The summed E-state index contributed by atoms with van der Waals surface area (Å²) >= 11 is 1.27. The Kier molecular flexibility index (Phi) is 6.75. The van der Waals surface area contributed by atoms with Crippen molar-refractivity contribution in [2.75, 3.05) is 6.54 Å². The first-order valence-electron chi connectivity index (χ1n) is 8.19. The van der Waals surface area contributed by atoms with Crippen LogP contribution in [0.1, 0.15) is 31.2 Å². The summed E-state index contributed by atoms with van der Waals surface area (Å²) in [5.74, 6) is -0.0850. The van der Waals surface area contributed by atoms with Gasteiger partial charge in [-0.25, -0.2) is 8.42 Å². The Balaban J connectivity index is 2.17. The van der Waals surface area contributed by atoms with Crippen molar-refractivity contribution in [3.63, 3.8) is 0 Å². The number of carbonyl (C=O) groups excluding carboxylic acids is 1. The minimum Gasteiger partial charge on any atom is -0.356 e. The van der Waals surface area contributed by atoms with Crippen LogP contribution >= 0.6 is 11.3 Å². The largest absolute Gasteiger partial charge is 0.356 e. The number of benzene rings is 1. The molecular weight excluding hydrogens is 356 g/mol. The lowest BCUT2D eigenvalue weighted by Gasteiger charge is -2.25. The molecule has 0 atom stereocenters. The fourth-order valence-corrected chi connectivity index (χ4v) is 5.53. The molecule has 0 spiro atoms. The number of amides is 1. The molecule has 0 bridgehead atoms. The fourth-order valence-electron chi connectivity index (χ4n) is 2.42. The molecule has 1 aromatic heterocycles. The van der Waals surface area contributed by atoms with Gasteiger partial charge in [-0.2, -0.15) is 4.31 Å². The zero-order valence-corrected chi connectivity index (χ0v) is 16.4. The second-order valence-corrected chi connectivity index (χ2v) is 9.37. The van der Waals surface area contributed by atoms with Crippen molar-refractivity contribution < 1.29 is 13.2 Å². The first-order chi connectivity index (χ1) is 11.8. The Labute approximate surface area is 153 Å². The topological polar surface area (TPSA) is 66.5 Å². The third-order valence-electron chi connectivity index (χ3n) is 3.70. The summed E-state index contributed by atoms with van der Waals surface area (Å²) in [6.45, 7) is 6.08. The van der Waals surface area contributed by atoms with Gasteiger partial charge in [0.05, 0.1) is 0 Å². The van der Waals surface area contributed by atoms with E-state index < -0.39 is 10.0 Å². The standard InChI is InChI=1S/C18H24N2O3S2/c1-14(2)20(13-16-7-5-4-6-8-16)25(22,23)18-10-9-17(24-18)11-12-19-15(3)21/h4-10,14H,11-13H2,1-3H3,(H,19,21). The highest BCUT2D eigenvalue weighted by atomic mass is 32.2. The summed E-state index contributed by atoms with van der Waals surface area (Å²) in [6.07, 6.45) is 0.625. The van der Waals surface area contributed by atoms with Gasteiger partial charge in [0.15, 0.2) is 0 Å². The highest BCUT2D eigenvalue weighted by molar-refractivity contribution is 7.91. The molecule has 0 saturated carbocycles. The first-order valence-corrected chi connectivity index (χ1v) is 10.5. The average molecular weight is 381 g/mol. The second kappa shape index (κ2) is 8.60. The molecule has 1 N–H and O–H groups in total. The van der Waals surface area contributed by atoms with E-state index in [-0.39, 0.29) is 11.9 Å². The lowest BCUT2D eigenvalue weighted by atomic mass is 10.2. The molecule has 0 aliphatic carbocycles. The summed E-state index contributed by atoms with van der Waals surface area (Å²) in [4.78, 5) is 11.9. The summed E-state index contributed by atoms with van der Waals surface area (Å²) in [5, 5.41) is 2.72. The van der Waals surface area contributed by atoms with Gasteiger partial charge in [0.25, 0.3) is 10.0 Å². The van der Waals surface area contributed by atoms with Crippen LogP contribution in [0.4, 0.5) is 0 Å². The van der Waals surface area contributed by atoms with Gasteiger partial charge in [0.2, 0.25) is 5.91 Å². The van der Waals surface area contributed by atoms with Crippen molar-refractivity contribution >= 4 is 27.3 Å². The average Bonchev–Trinajstić information content (AvgIpc) is 3.02. The molecule has 136 valence electrons. The Morgan fingerprint density at radius 3 is 2.44 bits per heavy atom. The van der Waals surface area contributed by atoms with E-state index in [9.17, 15) is 13.2 Å². The van der Waals surface area contributed by atoms with Crippen LogP contribution in [-0.4, -0.2) is 31.2 Å². The molecule has 0 saturated heterocycles.